The van der Waals surface area contributed by atoms with Crippen LogP contribution in [0.3, 0.4) is 0 Å². The van der Waals surface area contributed by atoms with Crippen molar-refractivity contribution in [2.75, 3.05) is 36.4 Å². The molecule has 7 rings (SSSR count). The number of aromatic nitrogens is 2. The molecular formula is C33H37FN6O3. The smallest absolute Gasteiger partial charge is 0.258 e. The molecule has 1 saturated carbocycles. The van der Waals surface area contributed by atoms with E-state index in [1.54, 1.807) is 6.20 Å². The van der Waals surface area contributed by atoms with Crippen LogP contribution in [-0.2, 0) is 17.8 Å². The average molecular weight is 585 g/mol. The van der Waals surface area contributed by atoms with Crippen LogP contribution < -0.4 is 15.0 Å². The van der Waals surface area contributed by atoms with E-state index in [2.05, 4.69) is 43.3 Å². The Hall–Kier alpha value is -4.05. The van der Waals surface area contributed by atoms with Crippen LogP contribution in [0.15, 0.2) is 48.9 Å². The molecule has 0 bridgehead atoms. The molecule has 10 heteroatoms. The van der Waals surface area contributed by atoms with Gasteiger partial charge in [0.1, 0.15) is 17.9 Å². The van der Waals surface area contributed by atoms with Crippen LogP contribution in [0.1, 0.15) is 61.0 Å². The highest BCUT2D eigenvalue weighted by Crippen LogP contribution is 2.44. The van der Waals surface area contributed by atoms with Crippen molar-refractivity contribution >= 4 is 23.3 Å². The quantitative estimate of drug-likeness (QED) is 0.398. The predicted molar refractivity (Wildman–Crippen MR) is 161 cm³/mol. The Labute approximate surface area is 251 Å². The lowest BCUT2D eigenvalue weighted by molar-refractivity contribution is -0.115. The number of nitrogens with zero attached hydrogens (tertiary/aromatic N) is 5. The van der Waals surface area contributed by atoms with Gasteiger partial charge in [0, 0.05) is 49.4 Å². The molecule has 1 aromatic heterocycles. The van der Waals surface area contributed by atoms with Crippen LogP contribution in [0.4, 0.5) is 15.9 Å². The predicted octanol–water partition coefficient (Wildman–Crippen LogP) is 5.02. The molecule has 3 fully saturated rings. The van der Waals surface area contributed by atoms with E-state index in [-0.39, 0.29) is 34.9 Å². The zero-order valence-electron chi connectivity index (χ0n) is 24.7. The molecule has 4 aliphatic rings. The second-order valence-corrected chi connectivity index (χ2v) is 12.8. The van der Waals surface area contributed by atoms with E-state index in [1.165, 1.54) is 30.1 Å². The lowest BCUT2D eigenvalue weighted by atomic mass is 9.86. The van der Waals surface area contributed by atoms with Crippen molar-refractivity contribution < 1.29 is 18.7 Å². The fourth-order valence-electron chi connectivity index (χ4n) is 7.04. The number of ether oxygens (including phenoxy) is 1. The normalized spacial score (nSPS) is 21.5. The number of amides is 2. The van der Waals surface area contributed by atoms with Crippen molar-refractivity contribution in [3.05, 3.63) is 71.4 Å². The number of fused-ring (bicyclic) bond motifs is 1. The third kappa shape index (κ3) is 5.56. The third-order valence-corrected chi connectivity index (χ3v) is 9.24. The number of halogens is 1. The molecule has 2 amide bonds. The molecule has 9 nitrogen and oxygen atoms in total. The van der Waals surface area contributed by atoms with Crippen molar-refractivity contribution in [2.24, 2.45) is 5.41 Å². The van der Waals surface area contributed by atoms with E-state index in [0.29, 0.717) is 23.7 Å². The minimum absolute atomic E-state index is 0.00191. The Balaban J connectivity index is 1.06. The number of carbonyl (C=O) groups is 2. The number of nitrogens with one attached hydrogen (secondary N) is 1. The molecular weight excluding hydrogens is 547 g/mol. The number of hydrogen-bond donors (Lipinski definition) is 1. The zero-order chi connectivity index (χ0) is 29.7. The fraction of sp³-hybridized carbons (Fsp3) is 0.455. The number of carbonyl (C=O) groups excluding carboxylic acids is 2. The van der Waals surface area contributed by atoms with E-state index in [1.807, 2.05) is 18.7 Å². The van der Waals surface area contributed by atoms with Gasteiger partial charge in [0.15, 0.2) is 11.6 Å². The van der Waals surface area contributed by atoms with Crippen molar-refractivity contribution in [3.8, 4) is 11.5 Å². The highest BCUT2D eigenvalue weighted by atomic mass is 19.1. The number of hydrogen-bond acceptors (Lipinski definition) is 7. The maximum Gasteiger partial charge on any atom is 0.258 e. The third-order valence-electron chi connectivity index (χ3n) is 9.24. The largest absolute Gasteiger partial charge is 0.451 e. The second-order valence-electron chi connectivity index (χ2n) is 12.8. The molecule has 3 aromatic rings. The summed E-state index contributed by atoms with van der Waals surface area (Å²) in [6.45, 7) is 8.49. The summed E-state index contributed by atoms with van der Waals surface area (Å²) < 4.78 is 20.7. The molecule has 43 heavy (non-hydrogen) atoms. The maximum atomic E-state index is 14.4. The summed E-state index contributed by atoms with van der Waals surface area (Å²) in [6, 6.07) is 10.6. The lowest BCUT2D eigenvalue weighted by Crippen LogP contribution is -2.39. The molecule has 4 heterocycles. The molecule has 1 aliphatic carbocycles. The van der Waals surface area contributed by atoms with Gasteiger partial charge in [-0.15, -0.1) is 0 Å². The molecule has 1 spiro atoms. The van der Waals surface area contributed by atoms with Crippen molar-refractivity contribution in [1.82, 2.24) is 19.8 Å². The van der Waals surface area contributed by atoms with Gasteiger partial charge in [-0.05, 0) is 81.5 Å². The number of anilines is 2. The van der Waals surface area contributed by atoms with E-state index >= 15 is 0 Å². The van der Waals surface area contributed by atoms with Gasteiger partial charge < -0.3 is 19.9 Å². The summed E-state index contributed by atoms with van der Waals surface area (Å²) in [5.74, 6) is 0.812. The minimum Gasteiger partial charge on any atom is -0.451 e. The molecule has 1 atom stereocenters. The van der Waals surface area contributed by atoms with Crippen molar-refractivity contribution in [1.29, 1.82) is 0 Å². The van der Waals surface area contributed by atoms with Crippen molar-refractivity contribution in [3.63, 3.8) is 0 Å². The Morgan fingerprint density at radius 3 is 2.79 bits per heavy atom. The standard InChI is InChI=1S/C33H37FN6O3/c1-21(2)40(25-6-7-25)32(42)26-15-24(34)5-8-28(26)43-29-16-35-20-36-31(29)39-12-10-33(19-39)9-11-38(18-33)17-22-3-4-23-14-30(41)37-27(23)13-22/h3-5,8,13,15-16,20-21,25H,6-7,9-12,14,17-19H2,1-2H3,(H,37,41). The van der Waals surface area contributed by atoms with Gasteiger partial charge in [0.25, 0.3) is 5.91 Å². The van der Waals surface area contributed by atoms with Gasteiger partial charge in [-0.1, -0.05) is 12.1 Å². The first kappa shape index (κ1) is 27.8. The van der Waals surface area contributed by atoms with Crippen LogP contribution >= 0.6 is 0 Å². The maximum absolute atomic E-state index is 14.4. The van der Waals surface area contributed by atoms with E-state index in [4.69, 9.17) is 4.74 Å². The summed E-state index contributed by atoms with van der Waals surface area (Å²) >= 11 is 0. The molecule has 2 saturated heterocycles. The molecule has 0 radical (unpaired) electrons. The second kappa shape index (κ2) is 10.9. The van der Waals surface area contributed by atoms with Gasteiger partial charge in [-0.2, -0.15) is 0 Å². The molecule has 1 N–H and O–H groups in total. The first-order valence-electron chi connectivity index (χ1n) is 15.3. The molecule has 1 unspecified atom stereocenters. The van der Waals surface area contributed by atoms with Crippen LogP contribution in [-0.4, -0.2) is 69.8 Å². The Morgan fingerprint density at radius 2 is 1.98 bits per heavy atom. The van der Waals surface area contributed by atoms with Gasteiger partial charge >= 0.3 is 0 Å². The number of benzene rings is 2. The summed E-state index contributed by atoms with van der Waals surface area (Å²) in [5, 5.41) is 2.96. The van der Waals surface area contributed by atoms with E-state index in [0.717, 1.165) is 69.7 Å². The summed E-state index contributed by atoms with van der Waals surface area (Å²) in [5.41, 5.74) is 3.58. The van der Waals surface area contributed by atoms with Crippen molar-refractivity contribution in [2.45, 2.75) is 64.6 Å². The molecule has 2 aromatic carbocycles. The highest BCUT2D eigenvalue weighted by Gasteiger charge is 2.44. The number of rotatable bonds is 8. The monoisotopic (exact) mass is 584 g/mol. The zero-order valence-corrected chi connectivity index (χ0v) is 24.7. The van der Waals surface area contributed by atoms with Crippen LogP contribution in [0.5, 0.6) is 11.5 Å². The minimum atomic E-state index is -0.475. The summed E-state index contributed by atoms with van der Waals surface area (Å²) in [4.78, 5) is 40.7. The lowest BCUT2D eigenvalue weighted by Gasteiger charge is -2.28. The Bertz CT molecular complexity index is 1570. The van der Waals surface area contributed by atoms with Gasteiger partial charge in [0.05, 0.1) is 18.2 Å². The van der Waals surface area contributed by atoms with E-state index in [9.17, 15) is 14.0 Å². The Kier molecular flexibility index (Phi) is 7.04. The first-order chi connectivity index (χ1) is 20.8. The van der Waals surface area contributed by atoms with Crippen LogP contribution in [0.25, 0.3) is 0 Å². The summed E-state index contributed by atoms with van der Waals surface area (Å²) in [7, 11) is 0. The van der Waals surface area contributed by atoms with E-state index < -0.39 is 5.82 Å². The van der Waals surface area contributed by atoms with Gasteiger partial charge in [-0.3, -0.25) is 14.5 Å². The SMILES string of the molecule is CC(C)N(C(=O)c1cc(F)ccc1Oc1cncnc1N1CCC2(CCN(Cc3ccc4c(c3)NC(=O)C4)C2)C1)C1CC1. The van der Waals surface area contributed by atoms with Gasteiger partial charge in [-0.25, -0.2) is 14.4 Å². The first-order valence-corrected chi connectivity index (χ1v) is 15.3. The molecule has 3 aliphatic heterocycles. The van der Waals surface area contributed by atoms with Crippen LogP contribution in [0, 0.1) is 11.2 Å². The van der Waals surface area contributed by atoms with Crippen LogP contribution in [0.2, 0.25) is 0 Å². The van der Waals surface area contributed by atoms with Gasteiger partial charge in [0.2, 0.25) is 5.91 Å². The Morgan fingerprint density at radius 1 is 1.14 bits per heavy atom. The topological polar surface area (TPSA) is 90.9 Å². The fourth-order valence-corrected chi connectivity index (χ4v) is 7.04. The average Bonchev–Trinajstić information content (AvgIpc) is 3.42. The summed E-state index contributed by atoms with van der Waals surface area (Å²) in [6.07, 6.45) is 7.67. The molecule has 224 valence electrons. The highest BCUT2D eigenvalue weighted by molar-refractivity contribution is 5.99. The number of likely N-dealkylation sites (tertiary alicyclic amines) is 1.